The van der Waals surface area contributed by atoms with Crippen LogP contribution in [0.2, 0.25) is 10.0 Å². The van der Waals surface area contributed by atoms with Crippen LogP contribution in [0, 0.1) is 0 Å². The molecular formula is C15H14Cl2N2OS3. The van der Waals surface area contributed by atoms with E-state index >= 15 is 0 Å². The van der Waals surface area contributed by atoms with Gasteiger partial charge in [-0.2, -0.15) is 11.8 Å². The third kappa shape index (κ3) is 4.79. The first kappa shape index (κ1) is 17.4. The lowest BCUT2D eigenvalue weighted by Gasteiger charge is -2.19. The van der Waals surface area contributed by atoms with Crippen molar-refractivity contribution in [3.05, 3.63) is 44.9 Å². The van der Waals surface area contributed by atoms with Crippen molar-refractivity contribution in [3.63, 3.8) is 0 Å². The highest BCUT2D eigenvalue weighted by Crippen LogP contribution is 2.28. The Balaban J connectivity index is 1.63. The van der Waals surface area contributed by atoms with Gasteiger partial charge in [-0.25, -0.2) is 4.98 Å². The summed E-state index contributed by atoms with van der Waals surface area (Å²) in [7, 11) is 0. The molecule has 0 bridgehead atoms. The summed E-state index contributed by atoms with van der Waals surface area (Å²) >= 11 is 17.2. The molecule has 3 rings (SSSR count). The molecule has 0 saturated carbocycles. The maximum atomic E-state index is 12.2. The third-order valence-corrected chi connectivity index (χ3v) is 7.54. The van der Waals surface area contributed by atoms with E-state index < -0.39 is 0 Å². The van der Waals surface area contributed by atoms with Gasteiger partial charge in [0.15, 0.2) is 5.13 Å². The Hall–Kier alpha value is -0.400. The van der Waals surface area contributed by atoms with E-state index in [-0.39, 0.29) is 11.2 Å². The lowest BCUT2D eigenvalue weighted by atomic mass is 10.1. The second kappa shape index (κ2) is 8.12. The van der Waals surface area contributed by atoms with E-state index in [9.17, 15) is 4.79 Å². The predicted octanol–water partition coefficient (Wildman–Crippen LogP) is 4.83. The fraction of sp³-hybridized carbons (Fsp3) is 0.333. The van der Waals surface area contributed by atoms with Crippen LogP contribution in [-0.2, 0) is 11.2 Å². The second-order valence-corrected chi connectivity index (χ2v) is 9.39. The topological polar surface area (TPSA) is 42.0 Å². The molecule has 122 valence electrons. The highest BCUT2D eigenvalue weighted by molar-refractivity contribution is 8.07. The number of rotatable bonds is 4. The molecule has 1 aromatic carbocycles. The average molecular weight is 405 g/mol. The van der Waals surface area contributed by atoms with E-state index in [0.29, 0.717) is 21.6 Å². The maximum absolute atomic E-state index is 12.2. The molecule has 3 nitrogen and oxygen atoms in total. The van der Waals surface area contributed by atoms with E-state index in [1.807, 2.05) is 17.8 Å². The van der Waals surface area contributed by atoms with E-state index in [1.54, 1.807) is 30.1 Å². The third-order valence-electron chi connectivity index (χ3n) is 3.26. The minimum atomic E-state index is 0.0171. The molecule has 1 amide bonds. The number of nitrogens with zero attached hydrogens (tertiary/aromatic N) is 1. The number of halogens is 2. The Morgan fingerprint density at radius 2 is 2.22 bits per heavy atom. The normalized spacial score (nSPS) is 17.9. The highest BCUT2D eigenvalue weighted by atomic mass is 35.5. The molecule has 8 heteroatoms. The van der Waals surface area contributed by atoms with Gasteiger partial charge in [-0.3, -0.25) is 4.79 Å². The van der Waals surface area contributed by atoms with Gasteiger partial charge in [-0.1, -0.05) is 23.2 Å². The Labute approximate surface area is 157 Å². The van der Waals surface area contributed by atoms with Gasteiger partial charge in [0.25, 0.3) is 0 Å². The van der Waals surface area contributed by atoms with Crippen molar-refractivity contribution in [1.29, 1.82) is 0 Å². The molecule has 2 heterocycles. The van der Waals surface area contributed by atoms with Crippen LogP contribution in [0.1, 0.15) is 10.4 Å². The van der Waals surface area contributed by atoms with Crippen LogP contribution < -0.4 is 5.32 Å². The van der Waals surface area contributed by atoms with E-state index in [1.165, 1.54) is 11.3 Å². The summed E-state index contributed by atoms with van der Waals surface area (Å²) in [5, 5.41) is 4.92. The molecule has 23 heavy (non-hydrogen) atoms. The Kier molecular flexibility index (Phi) is 6.15. The fourth-order valence-corrected chi connectivity index (χ4v) is 5.91. The Morgan fingerprint density at radius 3 is 3.00 bits per heavy atom. The number of thiazole rings is 1. The van der Waals surface area contributed by atoms with Gasteiger partial charge in [0.05, 0.1) is 5.25 Å². The zero-order chi connectivity index (χ0) is 16.2. The predicted molar refractivity (Wildman–Crippen MR) is 104 cm³/mol. The number of carbonyl (C=O) groups excluding carboxylic acids is 1. The van der Waals surface area contributed by atoms with Gasteiger partial charge in [0.2, 0.25) is 5.91 Å². The molecule has 0 spiro atoms. The van der Waals surface area contributed by atoms with Gasteiger partial charge in [-0.05, 0) is 23.8 Å². The van der Waals surface area contributed by atoms with Crippen LogP contribution in [0.5, 0.6) is 0 Å². The van der Waals surface area contributed by atoms with Crippen molar-refractivity contribution in [2.24, 2.45) is 0 Å². The monoisotopic (exact) mass is 404 g/mol. The van der Waals surface area contributed by atoms with Crippen LogP contribution in [0.4, 0.5) is 5.13 Å². The number of hydrogen-bond donors (Lipinski definition) is 1. The average Bonchev–Trinajstić information content (AvgIpc) is 2.99. The number of aromatic nitrogens is 1. The van der Waals surface area contributed by atoms with Crippen LogP contribution >= 0.6 is 58.1 Å². The van der Waals surface area contributed by atoms with Gasteiger partial charge in [-0.15, -0.1) is 23.1 Å². The number of carbonyl (C=O) groups is 1. The Morgan fingerprint density at radius 1 is 1.35 bits per heavy atom. The van der Waals surface area contributed by atoms with Crippen LogP contribution in [0.25, 0.3) is 0 Å². The van der Waals surface area contributed by atoms with E-state index in [4.69, 9.17) is 23.2 Å². The molecule has 2 aromatic rings. The number of amides is 1. The van der Waals surface area contributed by atoms with Gasteiger partial charge in [0.1, 0.15) is 0 Å². The number of thioether (sulfide) groups is 2. The van der Waals surface area contributed by atoms with Gasteiger partial charge < -0.3 is 5.32 Å². The minimum absolute atomic E-state index is 0.0171. The molecule has 1 N–H and O–H groups in total. The molecule has 0 radical (unpaired) electrons. The first-order valence-electron chi connectivity index (χ1n) is 7.00. The number of hydrogen-bond acceptors (Lipinski definition) is 5. The van der Waals surface area contributed by atoms with Crippen molar-refractivity contribution in [1.82, 2.24) is 4.98 Å². The van der Waals surface area contributed by atoms with Crippen molar-refractivity contribution in [2.75, 3.05) is 22.6 Å². The minimum Gasteiger partial charge on any atom is -0.301 e. The second-order valence-electron chi connectivity index (χ2n) is 4.97. The largest absolute Gasteiger partial charge is 0.301 e. The van der Waals surface area contributed by atoms with Crippen molar-refractivity contribution in [3.8, 4) is 0 Å². The standard InChI is InChI=1S/C15H14Cl2N2OS3/c16-10-1-2-12(17)9(5-10)6-11-7-18-15(23-11)19-14(20)13-8-21-3-4-22-13/h1-2,5,7,13H,3-4,6,8H2,(H,18,19,20). The van der Waals surface area contributed by atoms with E-state index in [0.717, 1.165) is 27.7 Å². The summed E-state index contributed by atoms with van der Waals surface area (Å²) in [5.41, 5.74) is 0.958. The van der Waals surface area contributed by atoms with Crippen molar-refractivity contribution < 1.29 is 4.79 Å². The maximum Gasteiger partial charge on any atom is 0.240 e. The highest BCUT2D eigenvalue weighted by Gasteiger charge is 2.23. The molecule has 0 aliphatic carbocycles. The van der Waals surface area contributed by atoms with Crippen LogP contribution in [0.15, 0.2) is 24.4 Å². The number of benzene rings is 1. The number of nitrogens with one attached hydrogen (secondary N) is 1. The molecule has 1 aromatic heterocycles. The molecule has 1 saturated heterocycles. The van der Waals surface area contributed by atoms with Crippen LogP contribution in [-0.4, -0.2) is 33.4 Å². The molecule has 1 aliphatic rings. The SMILES string of the molecule is O=C(Nc1ncc(Cc2cc(Cl)ccc2Cl)s1)C1CSCCS1. The molecule has 1 unspecified atom stereocenters. The van der Waals surface area contributed by atoms with Crippen molar-refractivity contribution in [2.45, 2.75) is 11.7 Å². The van der Waals surface area contributed by atoms with Crippen molar-refractivity contribution >= 4 is 69.1 Å². The first-order chi connectivity index (χ1) is 11.1. The van der Waals surface area contributed by atoms with E-state index in [2.05, 4.69) is 10.3 Å². The first-order valence-corrected chi connectivity index (χ1v) is 10.8. The molecule has 1 atom stereocenters. The summed E-state index contributed by atoms with van der Waals surface area (Å²) in [6.45, 7) is 0. The fourth-order valence-electron chi connectivity index (χ4n) is 2.14. The van der Waals surface area contributed by atoms with Crippen LogP contribution in [0.3, 0.4) is 0 Å². The molecule has 1 aliphatic heterocycles. The smallest absolute Gasteiger partial charge is 0.240 e. The quantitative estimate of drug-likeness (QED) is 0.792. The summed E-state index contributed by atoms with van der Waals surface area (Å²) < 4.78 is 0. The zero-order valence-electron chi connectivity index (χ0n) is 12.1. The lowest BCUT2D eigenvalue weighted by molar-refractivity contribution is -0.115. The van der Waals surface area contributed by atoms with Gasteiger partial charge in [0, 0.05) is 44.8 Å². The summed E-state index contributed by atoms with van der Waals surface area (Å²) in [6.07, 6.45) is 2.43. The summed E-state index contributed by atoms with van der Waals surface area (Å²) in [6, 6.07) is 5.42. The zero-order valence-corrected chi connectivity index (χ0v) is 16.0. The Bertz CT molecular complexity index is 702. The summed E-state index contributed by atoms with van der Waals surface area (Å²) in [4.78, 5) is 17.5. The summed E-state index contributed by atoms with van der Waals surface area (Å²) in [5.74, 6) is 3.06. The molecule has 1 fully saturated rings. The van der Waals surface area contributed by atoms with Gasteiger partial charge >= 0.3 is 0 Å². The lowest BCUT2D eigenvalue weighted by Crippen LogP contribution is -2.29. The molecular weight excluding hydrogens is 391 g/mol. The number of anilines is 1.